The quantitative estimate of drug-likeness (QED) is 0.777. The van der Waals surface area contributed by atoms with E-state index < -0.39 is 0 Å². The van der Waals surface area contributed by atoms with Gasteiger partial charge >= 0.3 is 0 Å². The Bertz CT molecular complexity index is 413. The Hall–Kier alpha value is -1.16. The monoisotopic (exact) mass is 250 g/mol. The molecule has 2 rings (SSSR count). The number of anilines is 1. The summed E-state index contributed by atoms with van der Waals surface area (Å²) in [6, 6.07) is 5.55. The van der Waals surface area contributed by atoms with Crippen LogP contribution in [-0.2, 0) is 0 Å². The molecular formula is C13H18N2OS. The van der Waals surface area contributed by atoms with E-state index in [0.717, 1.165) is 24.4 Å². The zero-order valence-corrected chi connectivity index (χ0v) is 11.1. The van der Waals surface area contributed by atoms with Crippen molar-refractivity contribution in [1.82, 2.24) is 4.90 Å². The lowest BCUT2D eigenvalue weighted by molar-refractivity contribution is 0.0763. The molecule has 17 heavy (non-hydrogen) atoms. The number of thioether (sulfide) groups is 1. The summed E-state index contributed by atoms with van der Waals surface area (Å²) in [5.74, 6) is 1.13. The van der Waals surface area contributed by atoms with Gasteiger partial charge in [-0.3, -0.25) is 4.79 Å². The first-order chi connectivity index (χ1) is 8.06. The van der Waals surface area contributed by atoms with E-state index in [-0.39, 0.29) is 5.91 Å². The number of hydrogen-bond donors (Lipinski definition) is 1. The minimum atomic E-state index is 0.104. The maximum atomic E-state index is 12.3. The molecule has 0 aliphatic carbocycles. The number of aryl methyl sites for hydroxylation is 1. The maximum Gasteiger partial charge on any atom is 0.254 e. The molecule has 0 bridgehead atoms. The van der Waals surface area contributed by atoms with Crippen LogP contribution >= 0.6 is 11.8 Å². The SMILES string of the molecule is Cc1cc(N)cc(C(=O)N2CCSC(C)C2)c1. The number of carbonyl (C=O) groups is 1. The number of nitrogens with two attached hydrogens (primary N) is 1. The van der Waals surface area contributed by atoms with Gasteiger partial charge in [0.2, 0.25) is 0 Å². The van der Waals surface area contributed by atoms with Gasteiger partial charge in [-0.2, -0.15) is 11.8 Å². The molecule has 92 valence electrons. The molecule has 3 nitrogen and oxygen atoms in total. The second-order valence-electron chi connectivity index (χ2n) is 4.56. The van der Waals surface area contributed by atoms with E-state index in [1.54, 1.807) is 6.07 Å². The van der Waals surface area contributed by atoms with Gasteiger partial charge in [-0.1, -0.05) is 6.92 Å². The third-order valence-corrected chi connectivity index (χ3v) is 4.01. The third kappa shape index (κ3) is 2.94. The second-order valence-corrected chi connectivity index (χ2v) is 6.11. The predicted molar refractivity (Wildman–Crippen MR) is 73.4 cm³/mol. The average molecular weight is 250 g/mol. The maximum absolute atomic E-state index is 12.3. The van der Waals surface area contributed by atoms with Gasteiger partial charge in [-0.05, 0) is 30.7 Å². The van der Waals surface area contributed by atoms with Gasteiger partial charge in [-0.25, -0.2) is 0 Å². The number of benzene rings is 1. The first-order valence-electron chi connectivity index (χ1n) is 5.84. The number of nitrogens with zero attached hydrogens (tertiary/aromatic N) is 1. The van der Waals surface area contributed by atoms with Gasteiger partial charge < -0.3 is 10.6 Å². The van der Waals surface area contributed by atoms with E-state index in [1.165, 1.54) is 0 Å². The summed E-state index contributed by atoms with van der Waals surface area (Å²) in [6.07, 6.45) is 0. The van der Waals surface area contributed by atoms with Crippen LogP contribution in [-0.4, -0.2) is 34.9 Å². The zero-order valence-electron chi connectivity index (χ0n) is 10.3. The highest BCUT2D eigenvalue weighted by atomic mass is 32.2. The molecule has 1 unspecified atom stereocenters. The van der Waals surface area contributed by atoms with Crippen molar-refractivity contribution in [3.8, 4) is 0 Å². The van der Waals surface area contributed by atoms with Crippen LogP contribution in [0.4, 0.5) is 5.69 Å². The van der Waals surface area contributed by atoms with E-state index in [1.807, 2.05) is 35.7 Å². The molecule has 1 aromatic carbocycles. The molecule has 1 aliphatic rings. The molecule has 0 radical (unpaired) electrons. The topological polar surface area (TPSA) is 46.3 Å². The number of carbonyl (C=O) groups excluding carboxylic acids is 1. The number of rotatable bonds is 1. The van der Waals surface area contributed by atoms with E-state index in [2.05, 4.69) is 6.92 Å². The third-order valence-electron chi connectivity index (χ3n) is 2.87. The Morgan fingerprint density at radius 1 is 1.47 bits per heavy atom. The van der Waals surface area contributed by atoms with Crippen LogP contribution in [0.25, 0.3) is 0 Å². The van der Waals surface area contributed by atoms with Gasteiger partial charge in [-0.15, -0.1) is 0 Å². The van der Waals surface area contributed by atoms with E-state index in [4.69, 9.17) is 5.73 Å². The number of amides is 1. The molecule has 0 aromatic heterocycles. The van der Waals surface area contributed by atoms with Crippen molar-refractivity contribution in [1.29, 1.82) is 0 Å². The molecule has 1 saturated heterocycles. The van der Waals surface area contributed by atoms with Crippen molar-refractivity contribution in [3.63, 3.8) is 0 Å². The Balaban J connectivity index is 2.18. The predicted octanol–water partition coefficient (Wildman–Crippen LogP) is 2.15. The fraction of sp³-hybridized carbons (Fsp3) is 0.462. The molecule has 0 saturated carbocycles. The molecule has 0 spiro atoms. The van der Waals surface area contributed by atoms with Crippen LogP contribution < -0.4 is 5.73 Å². The minimum Gasteiger partial charge on any atom is -0.399 e. The normalized spacial score (nSPS) is 20.4. The van der Waals surface area contributed by atoms with Crippen molar-refractivity contribution in [2.24, 2.45) is 0 Å². The van der Waals surface area contributed by atoms with Gasteiger partial charge in [0.1, 0.15) is 0 Å². The fourth-order valence-electron chi connectivity index (χ4n) is 2.12. The van der Waals surface area contributed by atoms with Crippen molar-refractivity contribution in [3.05, 3.63) is 29.3 Å². The first-order valence-corrected chi connectivity index (χ1v) is 6.89. The zero-order chi connectivity index (χ0) is 12.4. The summed E-state index contributed by atoms with van der Waals surface area (Å²) in [7, 11) is 0. The molecule has 1 fully saturated rings. The molecular weight excluding hydrogens is 232 g/mol. The largest absolute Gasteiger partial charge is 0.399 e. The van der Waals surface area contributed by atoms with Crippen molar-refractivity contribution in [2.75, 3.05) is 24.6 Å². The van der Waals surface area contributed by atoms with E-state index >= 15 is 0 Å². The molecule has 1 aliphatic heterocycles. The van der Waals surface area contributed by atoms with Crippen LogP contribution in [0.15, 0.2) is 18.2 Å². The highest BCUT2D eigenvalue weighted by Crippen LogP contribution is 2.20. The number of hydrogen-bond acceptors (Lipinski definition) is 3. The van der Waals surface area contributed by atoms with Gasteiger partial charge in [0, 0.05) is 35.3 Å². The van der Waals surface area contributed by atoms with Crippen LogP contribution in [0.3, 0.4) is 0 Å². The Morgan fingerprint density at radius 3 is 2.88 bits per heavy atom. The fourth-order valence-corrected chi connectivity index (χ4v) is 3.14. The van der Waals surface area contributed by atoms with Crippen molar-refractivity contribution < 1.29 is 4.79 Å². The summed E-state index contributed by atoms with van der Waals surface area (Å²) in [4.78, 5) is 14.2. The molecule has 4 heteroatoms. The second kappa shape index (κ2) is 5.00. The van der Waals surface area contributed by atoms with Crippen LogP contribution in [0.1, 0.15) is 22.8 Å². The van der Waals surface area contributed by atoms with Crippen LogP contribution in [0.5, 0.6) is 0 Å². The molecule has 1 aromatic rings. The molecule has 1 heterocycles. The van der Waals surface area contributed by atoms with Crippen LogP contribution in [0, 0.1) is 6.92 Å². The number of nitrogen functional groups attached to an aromatic ring is 1. The Kier molecular flexibility index (Phi) is 3.62. The van der Waals surface area contributed by atoms with Gasteiger partial charge in [0.15, 0.2) is 0 Å². The molecule has 1 atom stereocenters. The highest BCUT2D eigenvalue weighted by Gasteiger charge is 2.22. The smallest absolute Gasteiger partial charge is 0.254 e. The standard InChI is InChI=1S/C13H18N2OS/c1-9-5-11(7-12(14)6-9)13(16)15-3-4-17-10(2)8-15/h5-7,10H,3-4,8,14H2,1-2H3. The molecule has 2 N–H and O–H groups in total. The Labute approximate surface area is 106 Å². The summed E-state index contributed by atoms with van der Waals surface area (Å²) in [6.45, 7) is 5.79. The summed E-state index contributed by atoms with van der Waals surface area (Å²) in [5, 5.41) is 0.523. The van der Waals surface area contributed by atoms with E-state index in [9.17, 15) is 4.79 Å². The highest BCUT2D eigenvalue weighted by molar-refractivity contribution is 7.99. The first kappa shape index (κ1) is 12.3. The van der Waals surface area contributed by atoms with E-state index in [0.29, 0.717) is 16.5 Å². The minimum absolute atomic E-state index is 0.104. The van der Waals surface area contributed by atoms with Gasteiger partial charge in [0.25, 0.3) is 5.91 Å². The van der Waals surface area contributed by atoms with Crippen molar-refractivity contribution in [2.45, 2.75) is 19.1 Å². The summed E-state index contributed by atoms with van der Waals surface area (Å²) in [5.41, 5.74) is 8.18. The van der Waals surface area contributed by atoms with Gasteiger partial charge in [0.05, 0.1) is 0 Å². The Morgan fingerprint density at radius 2 is 2.24 bits per heavy atom. The molecule has 1 amide bonds. The lowest BCUT2D eigenvalue weighted by atomic mass is 10.1. The summed E-state index contributed by atoms with van der Waals surface area (Å²) >= 11 is 1.92. The lowest BCUT2D eigenvalue weighted by Crippen LogP contribution is -2.41. The van der Waals surface area contributed by atoms with Crippen molar-refractivity contribution >= 4 is 23.4 Å². The van der Waals surface area contributed by atoms with Crippen LogP contribution in [0.2, 0.25) is 0 Å². The summed E-state index contributed by atoms with van der Waals surface area (Å²) < 4.78 is 0. The lowest BCUT2D eigenvalue weighted by Gasteiger charge is -2.30. The average Bonchev–Trinajstić information content (AvgIpc) is 2.26.